The highest BCUT2D eigenvalue weighted by atomic mass is 32.1. The number of anilines is 2. The van der Waals surface area contributed by atoms with Crippen molar-refractivity contribution < 1.29 is 9.72 Å². The minimum atomic E-state index is -0.487. The van der Waals surface area contributed by atoms with E-state index in [1.54, 1.807) is 13.0 Å². The van der Waals surface area contributed by atoms with E-state index in [2.05, 4.69) is 20.8 Å². The van der Waals surface area contributed by atoms with Crippen LogP contribution in [0.1, 0.15) is 22.3 Å². The Labute approximate surface area is 124 Å². The molecular formula is C12H13N5O3S. The van der Waals surface area contributed by atoms with Crippen molar-refractivity contribution >= 4 is 33.8 Å². The first-order valence-electron chi connectivity index (χ1n) is 6.15. The molecule has 0 aliphatic rings. The lowest BCUT2D eigenvalue weighted by molar-refractivity contribution is -0.385. The summed E-state index contributed by atoms with van der Waals surface area (Å²) in [5.74, 6) is -0.444. The quantitative estimate of drug-likeness (QED) is 0.648. The molecule has 1 heterocycles. The van der Waals surface area contributed by atoms with Gasteiger partial charge < -0.3 is 10.6 Å². The van der Waals surface area contributed by atoms with Crippen LogP contribution in [0.4, 0.5) is 16.5 Å². The molecule has 2 rings (SSSR count). The monoisotopic (exact) mass is 307 g/mol. The molecular weight excluding hydrogens is 294 g/mol. The van der Waals surface area contributed by atoms with Gasteiger partial charge in [0, 0.05) is 12.6 Å². The fourth-order valence-electron chi connectivity index (χ4n) is 1.67. The van der Waals surface area contributed by atoms with Gasteiger partial charge in [0.05, 0.1) is 16.2 Å². The van der Waals surface area contributed by atoms with Gasteiger partial charge in [0.1, 0.15) is 0 Å². The SMILES string of the molecule is CCNc1nnc(C(=O)Nc2cccc([N+](=O)[O-])c2C)s1. The Morgan fingerprint density at radius 3 is 2.86 bits per heavy atom. The molecule has 1 amide bonds. The first-order chi connectivity index (χ1) is 10.0. The maximum absolute atomic E-state index is 12.1. The number of nitro benzene ring substituents is 1. The fourth-order valence-corrected chi connectivity index (χ4v) is 2.38. The lowest BCUT2D eigenvalue weighted by atomic mass is 10.1. The molecule has 0 saturated carbocycles. The van der Waals surface area contributed by atoms with Gasteiger partial charge in [-0.05, 0) is 19.9 Å². The molecule has 0 fully saturated rings. The second-order valence-electron chi connectivity index (χ2n) is 4.10. The van der Waals surface area contributed by atoms with Crippen LogP contribution in [0.15, 0.2) is 18.2 Å². The maximum atomic E-state index is 12.1. The standard InChI is InChI=1S/C12H13N5O3S/c1-3-13-12-16-15-11(21-12)10(18)14-8-5-4-6-9(7(8)2)17(19)20/h4-6H,3H2,1-2H3,(H,13,16)(H,14,18). The van der Waals surface area contributed by atoms with Crippen molar-refractivity contribution in [3.8, 4) is 0 Å². The number of benzene rings is 1. The number of nitrogens with one attached hydrogen (secondary N) is 2. The van der Waals surface area contributed by atoms with Crippen LogP contribution in [0.25, 0.3) is 0 Å². The van der Waals surface area contributed by atoms with Crippen LogP contribution >= 0.6 is 11.3 Å². The number of rotatable bonds is 5. The summed E-state index contributed by atoms with van der Waals surface area (Å²) in [5, 5.41) is 24.8. The molecule has 1 aromatic heterocycles. The van der Waals surface area contributed by atoms with Gasteiger partial charge in [-0.3, -0.25) is 14.9 Å². The summed E-state index contributed by atoms with van der Waals surface area (Å²) in [6.07, 6.45) is 0. The molecule has 110 valence electrons. The number of hydrogen-bond acceptors (Lipinski definition) is 7. The number of nitro groups is 1. The summed E-state index contributed by atoms with van der Waals surface area (Å²) < 4.78 is 0. The highest BCUT2D eigenvalue weighted by Gasteiger charge is 2.17. The predicted molar refractivity (Wildman–Crippen MR) is 79.9 cm³/mol. The molecule has 2 N–H and O–H groups in total. The van der Waals surface area contributed by atoms with Crippen LogP contribution < -0.4 is 10.6 Å². The third kappa shape index (κ3) is 3.31. The first-order valence-corrected chi connectivity index (χ1v) is 6.97. The van der Waals surface area contributed by atoms with Crippen molar-refractivity contribution in [3.05, 3.63) is 38.9 Å². The lowest BCUT2D eigenvalue weighted by Crippen LogP contribution is -2.13. The number of carbonyl (C=O) groups is 1. The van der Waals surface area contributed by atoms with E-state index in [1.165, 1.54) is 12.1 Å². The van der Waals surface area contributed by atoms with Crippen LogP contribution in [0, 0.1) is 17.0 Å². The van der Waals surface area contributed by atoms with Crippen molar-refractivity contribution in [2.75, 3.05) is 17.2 Å². The second kappa shape index (κ2) is 6.27. The van der Waals surface area contributed by atoms with Gasteiger partial charge in [-0.25, -0.2) is 0 Å². The number of aromatic nitrogens is 2. The molecule has 0 aliphatic heterocycles. The highest BCUT2D eigenvalue weighted by molar-refractivity contribution is 7.17. The summed E-state index contributed by atoms with van der Waals surface area (Å²) in [6.45, 7) is 4.17. The maximum Gasteiger partial charge on any atom is 0.286 e. The van der Waals surface area contributed by atoms with Crippen molar-refractivity contribution in [2.24, 2.45) is 0 Å². The Bertz CT molecular complexity index is 685. The predicted octanol–water partition coefficient (Wildman–Crippen LogP) is 2.44. The molecule has 21 heavy (non-hydrogen) atoms. The zero-order valence-corrected chi connectivity index (χ0v) is 12.2. The summed E-state index contributed by atoms with van der Waals surface area (Å²) >= 11 is 1.12. The Morgan fingerprint density at radius 2 is 2.19 bits per heavy atom. The number of hydrogen-bond donors (Lipinski definition) is 2. The average Bonchev–Trinajstić information content (AvgIpc) is 2.90. The Hall–Kier alpha value is -2.55. The Morgan fingerprint density at radius 1 is 1.43 bits per heavy atom. The molecule has 0 saturated heterocycles. The minimum absolute atomic E-state index is 0.0431. The van der Waals surface area contributed by atoms with Gasteiger partial charge in [0.25, 0.3) is 11.6 Å². The second-order valence-corrected chi connectivity index (χ2v) is 5.08. The molecule has 0 radical (unpaired) electrons. The van der Waals surface area contributed by atoms with Crippen molar-refractivity contribution in [2.45, 2.75) is 13.8 Å². The summed E-state index contributed by atoms with van der Waals surface area (Å²) in [6, 6.07) is 4.51. The topological polar surface area (TPSA) is 110 Å². The molecule has 0 spiro atoms. The fraction of sp³-hybridized carbons (Fsp3) is 0.250. The van der Waals surface area contributed by atoms with Crippen molar-refractivity contribution in [3.63, 3.8) is 0 Å². The van der Waals surface area contributed by atoms with E-state index in [0.717, 1.165) is 11.3 Å². The van der Waals surface area contributed by atoms with Crippen LogP contribution in [0.5, 0.6) is 0 Å². The molecule has 0 bridgehead atoms. The highest BCUT2D eigenvalue weighted by Crippen LogP contribution is 2.26. The average molecular weight is 307 g/mol. The lowest BCUT2D eigenvalue weighted by Gasteiger charge is -2.06. The number of carbonyl (C=O) groups excluding carboxylic acids is 1. The van der Waals surface area contributed by atoms with Gasteiger partial charge in [-0.1, -0.05) is 17.4 Å². The largest absolute Gasteiger partial charge is 0.360 e. The summed E-state index contributed by atoms with van der Waals surface area (Å²) in [4.78, 5) is 22.4. The van der Waals surface area contributed by atoms with Gasteiger partial charge in [0.2, 0.25) is 10.1 Å². The van der Waals surface area contributed by atoms with Gasteiger partial charge >= 0.3 is 0 Å². The first kappa shape index (κ1) is 14.9. The van der Waals surface area contributed by atoms with Crippen LogP contribution in [-0.2, 0) is 0 Å². The van der Waals surface area contributed by atoms with Crippen LogP contribution in [0.3, 0.4) is 0 Å². The molecule has 0 aliphatic carbocycles. The molecule has 9 heteroatoms. The van der Waals surface area contributed by atoms with E-state index in [4.69, 9.17) is 0 Å². The van der Waals surface area contributed by atoms with E-state index < -0.39 is 10.8 Å². The number of nitrogens with zero attached hydrogens (tertiary/aromatic N) is 3. The molecule has 0 atom stereocenters. The van der Waals surface area contributed by atoms with E-state index in [-0.39, 0.29) is 10.7 Å². The van der Waals surface area contributed by atoms with Crippen molar-refractivity contribution in [1.29, 1.82) is 0 Å². The van der Waals surface area contributed by atoms with Gasteiger partial charge in [-0.15, -0.1) is 10.2 Å². The number of amides is 1. The van der Waals surface area contributed by atoms with Crippen LogP contribution in [-0.4, -0.2) is 27.6 Å². The third-order valence-corrected chi connectivity index (χ3v) is 3.58. The molecule has 1 aromatic carbocycles. The third-order valence-electron chi connectivity index (χ3n) is 2.70. The summed E-state index contributed by atoms with van der Waals surface area (Å²) in [7, 11) is 0. The normalized spacial score (nSPS) is 10.2. The smallest absolute Gasteiger partial charge is 0.286 e. The Balaban J connectivity index is 2.19. The van der Waals surface area contributed by atoms with Gasteiger partial charge in [-0.2, -0.15) is 0 Å². The Kier molecular flexibility index (Phi) is 4.43. The van der Waals surface area contributed by atoms with E-state index >= 15 is 0 Å². The molecule has 0 unspecified atom stereocenters. The zero-order chi connectivity index (χ0) is 15.4. The summed E-state index contributed by atoms with van der Waals surface area (Å²) in [5.41, 5.74) is 0.736. The minimum Gasteiger partial charge on any atom is -0.360 e. The van der Waals surface area contributed by atoms with Crippen LogP contribution in [0.2, 0.25) is 0 Å². The molecule has 2 aromatic rings. The van der Waals surface area contributed by atoms with Gasteiger partial charge in [0.15, 0.2) is 0 Å². The van der Waals surface area contributed by atoms with Crippen molar-refractivity contribution in [1.82, 2.24) is 10.2 Å². The van der Waals surface area contributed by atoms with E-state index in [0.29, 0.717) is 22.9 Å². The molecule has 8 nitrogen and oxygen atoms in total. The van der Waals surface area contributed by atoms with E-state index in [1.807, 2.05) is 6.92 Å². The van der Waals surface area contributed by atoms with E-state index in [9.17, 15) is 14.9 Å². The zero-order valence-electron chi connectivity index (χ0n) is 11.4.